The number of rotatable bonds is 4. The number of aliphatic hydroxyl groups excluding tert-OH is 1. The van der Waals surface area contributed by atoms with E-state index in [1.165, 1.54) is 0 Å². The molecule has 20 heavy (non-hydrogen) atoms. The monoisotopic (exact) mass is 342 g/mol. The van der Waals surface area contributed by atoms with Crippen LogP contribution in [0.5, 0.6) is 5.75 Å². The van der Waals surface area contributed by atoms with Gasteiger partial charge in [0.05, 0.1) is 0 Å². The van der Waals surface area contributed by atoms with E-state index in [9.17, 15) is 10.2 Å². The van der Waals surface area contributed by atoms with E-state index in [-0.39, 0.29) is 23.8 Å². The SMILES string of the molecule is CC(C)(CO)[C@H](c1cc(O)ccc1Br)N1CCNCC1. The number of nitrogens with zero attached hydrogens (tertiary/aromatic N) is 1. The fraction of sp³-hybridized carbons (Fsp3) is 0.600. The topological polar surface area (TPSA) is 55.7 Å². The molecule has 4 nitrogen and oxygen atoms in total. The summed E-state index contributed by atoms with van der Waals surface area (Å²) in [7, 11) is 0. The highest BCUT2D eigenvalue weighted by atomic mass is 79.9. The number of phenols is 1. The van der Waals surface area contributed by atoms with Gasteiger partial charge in [-0.25, -0.2) is 0 Å². The zero-order chi connectivity index (χ0) is 14.8. The van der Waals surface area contributed by atoms with Crippen molar-refractivity contribution in [2.75, 3.05) is 32.8 Å². The molecule has 1 saturated heterocycles. The number of hydrogen-bond acceptors (Lipinski definition) is 4. The van der Waals surface area contributed by atoms with Crippen molar-refractivity contribution >= 4 is 15.9 Å². The molecule has 0 spiro atoms. The lowest BCUT2D eigenvalue weighted by Crippen LogP contribution is -2.49. The summed E-state index contributed by atoms with van der Waals surface area (Å²) in [5, 5.41) is 23.0. The molecule has 0 aliphatic carbocycles. The highest BCUT2D eigenvalue weighted by Crippen LogP contribution is 2.42. The largest absolute Gasteiger partial charge is 0.508 e. The second kappa shape index (κ2) is 6.43. The Bertz CT molecular complexity index is 459. The zero-order valence-corrected chi connectivity index (χ0v) is 13.7. The van der Waals surface area contributed by atoms with E-state index in [2.05, 4.69) is 40.0 Å². The normalized spacial score (nSPS) is 19.0. The summed E-state index contributed by atoms with van der Waals surface area (Å²) >= 11 is 3.58. The van der Waals surface area contributed by atoms with Gasteiger partial charge in [0.1, 0.15) is 5.75 Å². The van der Waals surface area contributed by atoms with E-state index in [1.54, 1.807) is 12.1 Å². The molecule has 0 amide bonds. The van der Waals surface area contributed by atoms with Crippen LogP contribution >= 0.6 is 15.9 Å². The van der Waals surface area contributed by atoms with Crippen LogP contribution < -0.4 is 5.32 Å². The van der Waals surface area contributed by atoms with Crippen LogP contribution in [0.25, 0.3) is 0 Å². The van der Waals surface area contributed by atoms with Gasteiger partial charge in [-0.2, -0.15) is 0 Å². The van der Waals surface area contributed by atoms with Gasteiger partial charge in [-0.3, -0.25) is 4.90 Å². The van der Waals surface area contributed by atoms with Gasteiger partial charge in [0.15, 0.2) is 0 Å². The third-order valence-corrected chi connectivity index (χ3v) is 4.66. The minimum atomic E-state index is -0.284. The van der Waals surface area contributed by atoms with Crippen LogP contribution in [0.4, 0.5) is 0 Å². The van der Waals surface area contributed by atoms with Gasteiger partial charge < -0.3 is 15.5 Å². The van der Waals surface area contributed by atoms with E-state index in [4.69, 9.17) is 0 Å². The Balaban J connectivity index is 2.42. The van der Waals surface area contributed by atoms with Crippen molar-refractivity contribution in [1.29, 1.82) is 0 Å². The van der Waals surface area contributed by atoms with Gasteiger partial charge in [0.2, 0.25) is 0 Å². The number of nitrogens with one attached hydrogen (secondary N) is 1. The summed E-state index contributed by atoms with van der Waals surface area (Å²) in [5.41, 5.74) is 0.749. The summed E-state index contributed by atoms with van der Waals surface area (Å²) in [4.78, 5) is 2.38. The number of piperazine rings is 1. The Morgan fingerprint density at radius 3 is 2.60 bits per heavy atom. The van der Waals surface area contributed by atoms with Crippen LogP contribution in [-0.4, -0.2) is 47.9 Å². The first kappa shape index (κ1) is 15.8. The number of hydrogen-bond donors (Lipinski definition) is 3. The number of aromatic hydroxyl groups is 1. The van der Waals surface area contributed by atoms with Gasteiger partial charge >= 0.3 is 0 Å². The fourth-order valence-corrected chi connectivity index (χ4v) is 3.34. The van der Waals surface area contributed by atoms with Crippen LogP contribution in [0.3, 0.4) is 0 Å². The van der Waals surface area contributed by atoms with Crippen LogP contribution in [0, 0.1) is 5.41 Å². The molecular formula is C15H23BrN2O2. The van der Waals surface area contributed by atoms with Crippen molar-refractivity contribution in [3.63, 3.8) is 0 Å². The quantitative estimate of drug-likeness (QED) is 0.784. The Kier molecular flexibility index (Phi) is 5.07. The Labute approximate surface area is 128 Å². The molecule has 2 rings (SSSR count). The van der Waals surface area contributed by atoms with Crippen molar-refractivity contribution in [3.05, 3.63) is 28.2 Å². The van der Waals surface area contributed by atoms with Crippen LogP contribution in [0.1, 0.15) is 25.5 Å². The second-order valence-electron chi connectivity index (χ2n) is 6.04. The summed E-state index contributed by atoms with van der Waals surface area (Å²) in [6, 6.07) is 5.41. The van der Waals surface area contributed by atoms with Crippen LogP contribution in [0.15, 0.2) is 22.7 Å². The third kappa shape index (κ3) is 3.34. The van der Waals surface area contributed by atoms with E-state index < -0.39 is 0 Å². The van der Waals surface area contributed by atoms with Crippen LogP contribution in [-0.2, 0) is 0 Å². The highest BCUT2D eigenvalue weighted by molar-refractivity contribution is 9.10. The van der Waals surface area contributed by atoms with E-state index >= 15 is 0 Å². The molecule has 112 valence electrons. The number of benzene rings is 1. The Morgan fingerprint density at radius 2 is 2.00 bits per heavy atom. The summed E-state index contributed by atoms with van der Waals surface area (Å²) in [6.07, 6.45) is 0. The third-order valence-electron chi connectivity index (χ3n) is 3.94. The maximum atomic E-state index is 9.81. The minimum Gasteiger partial charge on any atom is -0.508 e. The Morgan fingerprint density at radius 1 is 1.35 bits per heavy atom. The Hall–Kier alpha value is -0.620. The molecule has 0 aromatic heterocycles. The molecule has 0 radical (unpaired) electrons. The zero-order valence-electron chi connectivity index (χ0n) is 12.1. The molecule has 3 N–H and O–H groups in total. The molecule has 1 atom stereocenters. The van der Waals surface area contributed by atoms with Gasteiger partial charge in [-0.1, -0.05) is 29.8 Å². The first-order valence-electron chi connectivity index (χ1n) is 7.00. The smallest absolute Gasteiger partial charge is 0.115 e. The van der Waals surface area contributed by atoms with Crippen molar-refractivity contribution in [2.24, 2.45) is 5.41 Å². The van der Waals surface area contributed by atoms with E-state index in [0.717, 1.165) is 36.2 Å². The van der Waals surface area contributed by atoms with Crippen molar-refractivity contribution in [1.82, 2.24) is 10.2 Å². The molecule has 0 bridgehead atoms. The average molecular weight is 343 g/mol. The predicted molar refractivity (Wildman–Crippen MR) is 83.9 cm³/mol. The summed E-state index contributed by atoms with van der Waals surface area (Å²) in [6.45, 7) is 8.02. The maximum absolute atomic E-state index is 9.81. The van der Waals surface area contributed by atoms with Crippen molar-refractivity contribution < 1.29 is 10.2 Å². The maximum Gasteiger partial charge on any atom is 0.115 e. The summed E-state index contributed by atoms with van der Waals surface area (Å²) in [5.74, 6) is 0.261. The molecule has 0 saturated carbocycles. The highest BCUT2D eigenvalue weighted by Gasteiger charge is 2.36. The molecular weight excluding hydrogens is 320 g/mol. The lowest BCUT2D eigenvalue weighted by molar-refractivity contribution is 0.0300. The van der Waals surface area contributed by atoms with Crippen molar-refractivity contribution in [3.8, 4) is 5.75 Å². The first-order chi connectivity index (χ1) is 9.45. The van der Waals surface area contributed by atoms with Gasteiger partial charge in [0.25, 0.3) is 0 Å². The fourth-order valence-electron chi connectivity index (χ4n) is 2.88. The molecule has 1 aromatic carbocycles. The number of aliphatic hydroxyl groups is 1. The molecule has 1 aliphatic heterocycles. The second-order valence-corrected chi connectivity index (χ2v) is 6.90. The standard InChI is InChI=1S/C15H23BrN2O2/c1-15(2,10-19)14(18-7-5-17-6-8-18)12-9-11(20)3-4-13(12)16/h3-4,9,14,17,19-20H,5-8,10H2,1-2H3/t14-/m0/s1. The molecule has 1 aromatic rings. The van der Waals surface area contributed by atoms with Crippen molar-refractivity contribution in [2.45, 2.75) is 19.9 Å². The van der Waals surface area contributed by atoms with Gasteiger partial charge in [0, 0.05) is 48.7 Å². The number of halogens is 1. The first-order valence-corrected chi connectivity index (χ1v) is 7.79. The van der Waals surface area contributed by atoms with Gasteiger partial charge in [-0.05, 0) is 23.8 Å². The predicted octanol–water partition coefficient (Wildman–Crippen LogP) is 2.12. The summed E-state index contributed by atoms with van der Waals surface area (Å²) < 4.78 is 0.973. The lowest BCUT2D eigenvalue weighted by Gasteiger charge is -2.43. The van der Waals surface area contributed by atoms with E-state index in [0.29, 0.717) is 0 Å². The molecule has 1 fully saturated rings. The lowest BCUT2D eigenvalue weighted by atomic mass is 9.79. The average Bonchev–Trinajstić information content (AvgIpc) is 2.44. The van der Waals surface area contributed by atoms with Crippen LogP contribution in [0.2, 0.25) is 0 Å². The molecule has 5 heteroatoms. The molecule has 1 aliphatic rings. The van der Waals surface area contributed by atoms with Gasteiger partial charge in [-0.15, -0.1) is 0 Å². The minimum absolute atomic E-state index is 0.0658. The van der Waals surface area contributed by atoms with E-state index in [1.807, 2.05) is 6.07 Å². The molecule has 0 unspecified atom stereocenters. The number of phenolic OH excluding ortho intramolecular Hbond substituents is 1. The molecule has 1 heterocycles.